The molecule has 0 aliphatic carbocycles. The Labute approximate surface area is 227 Å². The highest BCUT2D eigenvalue weighted by molar-refractivity contribution is 6.30. The van der Waals surface area contributed by atoms with Gasteiger partial charge in [0, 0.05) is 23.8 Å². The van der Waals surface area contributed by atoms with Crippen molar-refractivity contribution in [2.24, 2.45) is 0 Å². The summed E-state index contributed by atoms with van der Waals surface area (Å²) in [5, 5.41) is 6.50. The quantitative estimate of drug-likeness (QED) is 0.311. The number of hydrogen-bond donors (Lipinski definition) is 2. The summed E-state index contributed by atoms with van der Waals surface area (Å²) in [4.78, 5) is 28.8. The molecule has 3 unspecified atom stereocenters. The van der Waals surface area contributed by atoms with Crippen molar-refractivity contribution in [3.63, 3.8) is 0 Å². The SMILES string of the molecule is CCN(CC)CCNC(=O)C1=C(C(=O)OC)C2(C(Cc3ccccc3)Nc3cc(F)cc(Cl)c3)C=CC1O2. The maximum Gasteiger partial charge on any atom is 0.337 e. The van der Waals surface area contributed by atoms with Crippen LogP contribution in [0.3, 0.4) is 0 Å². The lowest BCUT2D eigenvalue weighted by Crippen LogP contribution is -2.49. The van der Waals surface area contributed by atoms with Crippen molar-refractivity contribution in [2.45, 2.75) is 38.0 Å². The molecule has 2 aliphatic rings. The first-order valence-corrected chi connectivity index (χ1v) is 13.2. The fraction of sp³-hybridized carbons (Fsp3) is 0.379. The smallest absolute Gasteiger partial charge is 0.337 e. The number of rotatable bonds is 12. The van der Waals surface area contributed by atoms with Gasteiger partial charge in [0.1, 0.15) is 17.5 Å². The van der Waals surface area contributed by atoms with Gasteiger partial charge in [-0.2, -0.15) is 0 Å². The van der Waals surface area contributed by atoms with Gasteiger partial charge in [0.05, 0.1) is 24.3 Å². The Morgan fingerprint density at radius 2 is 1.92 bits per heavy atom. The number of halogens is 2. The largest absolute Gasteiger partial charge is 0.466 e. The van der Waals surface area contributed by atoms with Crippen LogP contribution in [0.15, 0.2) is 71.8 Å². The Hall–Kier alpha value is -3.20. The first kappa shape index (κ1) is 27.8. The number of carbonyl (C=O) groups is 2. The van der Waals surface area contributed by atoms with Crippen LogP contribution < -0.4 is 10.6 Å². The van der Waals surface area contributed by atoms with E-state index in [4.69, 9.17) is 21.1 Å². The minimum Gasteiger partial charge on any atom is -0.466 e. The second kappa shape index (κ2) is 12.1. The number of likely N-dealkylation sites (N-methyl/N-ethyl adjacent to an activating group) is 1. The lowest BCUT2D eigenvalue weighted by molar-refractivity contribution is -0.138. The predicted molar refractivity (Wildman–Crippen MR) is 146 cm³/mol. The zero-order valence-electron chi connectivity index (χ0n) is 21.8. The molecule has 0 radical (unpaired) electrons. The average molecular weight is 542 g/mol. The molecule has 2 N–H and O–H groups in total. The van der Waals surface area contributed by atoms with Crippen molar-refractivity contribution in [3.05, 3.63) is 88.2 Å². The van der Waals surface area contributed by atoms with Gasteiger partial charge >= 0.3 is 5.97 Å². The average Bonchev–Trinajstić information content (AvgIpc) is 3.49. The highest BCUT2D eigenvalue weighted by atomic mass is 35.5. The van der Waals surface area contributed by atoms with Crippen LogP contribution >= 0.6 is 11.6 Å². The summed E-state index contributed by atoms with van der Waals surface area (Å²) in [5.41, 5.74) is 0.438. The van der Waals surface area contributed by atoms with E-state index in [1.807, 2.05) is 30.3 Å². The molecule has 38 heavy (non-hydrogen) atoms. The third kappa shape index (κ3) is 5.77. The third-order valence-electron chi connectivity index (χ3n) is 7.03. The highest BCUT2D eigenvalue weighted by Crippen LogP contribution is 2.47. The molecule has 0 aromatic heterocycles. The molecule has 2 bridgehead atoms. The summed E-state index contributed by atoms with van der Waals surface area (Å²) in [6.07, 6.45) is 3.26. The summed E-state index contributed by atoms with van der Waals surface area (Å²) in [6, 6.07) is 13.2. The molecule has 2 heterocycles. The van der Waals surface area contributed by atoms with Crippen molar-refractivity contribution in [1.29, 1.82) is 0 Å². The summed E-state index contributed by atoms with van der Waals surface area (Å²) >= 11 is 6.12. The van der Waals surface area contributed by atoms with E-state index in [1.165, 1.54) is 19.2 Å². The number of amides is 1. The molecule has 9 heteroatoms. The van der Waals surface area contributed by atoms with Gasteiger partial charge in [-0.05, 0) is 49.3 Å². The fourth-order valence-electron chi connectivity index (χ4n) is 5.12. The van der Waals surface area contributed by atoms with Gasteiger partial charge < -0.3 is 25.0 Å². The van der Waals surface area contributed by atoms with Crippen LogP contribution in [0.1, 0.15) is 19.4 Å². The molecule has 0 saturated carbocycles. The summed E-state index contributed by atoms with van der Waals surface area (Å²) in [7, 11) is 1.28. The summed E-state index contributed by atoms with van der Waals surface area (Å²) < 4.78 is 25.8. The van der Waals surface area contributed by atoms with Crippen molar-refractivity contribution in [3.8, 4) is 0 Å². The molecule has 2 aliphatic heterocycles. The minimum absolute atomic E-state index is 0.142. The lowest BCUT2D eigenvalue weighted by Gasteiger charge is -2.36. The van der Waals surface area contributed by atoms with Gasteiger partial charge in [0.2, 0.25) is 0 Å². The van der Waals surface area contributed by atoms with Gasteiger partial charge in [0.25, 0.3) is 5.91 Å². The van der Waals surface area contributed by atoms with Gasteiger partial charge in [-0.3, -0.25) is 4.79 Å². The van der Waals surface area contributed by atoms with E-state index in [0.717, 1.165) is 18.7 Å². The van der Waals surface area contributed by atoms with Crippen molar-refractivity contribution in [2.75, 3.05) is 38.6 Å². The molecule has 2 aromatic carbocycles. The normalized spacial score (nSPS) is 20.6. The standard InChI is InChI=1S/C29H33ClFN3O4/c1-4-34(5-2)14-13-32-27(35)25-23-11-12-29(38-23,26(25)28(36)37-3)24(15-19-9-7-6-8-10-19)33-22-17-20(30)16-21(31)18-22/h6-12,16-18,23-24,33H,4-5,13-15H2,1-3H3,(H,32,35). The number of methoxy groups -OCH3 is 1. The maximum absolute atomic E-state index is 14.2. The molecule has 202 valence electrons. The monoisotopic (exact) mass is 541 g/mol. The molecular formula is C29H33ClFN3O4. The van der Waals surface area contributed by atoms with E-state index in [9.17, 15) is 14.0 Å². The van der Waals surface area contributed by atoms with Gasteiger partial charge in [0.15, 0.2) is 0 Å². The third-order valence-corrected chi connectivity index (χ3v) is 7.25. The maximum atomic E-state index is 14.2. The lowest BCUT2D eigenvalue weighted by atomic mass is 9.78. The Morgan fingerprint density at radius 1 is 1.18 bits per heavy atom. The number of esters is 1. The molecule has 2 aromatic rings. The van der Waals surface area contributed by atoms with Crippen LogP contribution in [0.2, 0.25) is 5.02 Å². The molecule has 0 fully saturated rings. The molecule has 0 spiro atoms. The van der Waals surface area contributed by atoms with Gasteiger partial charge in [-0.25, -0.2) is 9.18 Å². The molecule has 0 saturated heterocycles. The van der Waals surface area contributed by atoms with Crippen LogP contribution in [0, 0.1) is 5.82 Å². The van der Waals surface area contributed by atoms with Gasteiger partial charge in [-0.15, -0.1) is 0 Å². The predicted octanol–water partition coefficient (Wildman–Crippen LogP) is 4.14. The second-order valence-corrected chi connectivity index (χ2v) is 9.73. The topological polar surface area (TPSA) is 79.9 Å². The zero-order valence-corrected chi connectivity index (χ0v) is 22.6. The molecular weight excluding hydrogens is 509 g/mol. The van der Waals surface area contributed by atoms with Crippen molar-refractivity contribution in [1.82, 2.24) is 10.2 Å². The number of ether oxygens (including phenoxy) is 2. The van der Waals surface area contributed by atoms with E-state index in [0.29, 0.717) is 25.2 Å². The van der Waals surface area contributed by atoms with Crippen LogP contribution in [0.4, 0.5) is 10.1 Å². The Morgan fingerprint density at radius 3 is 2.58 bits per heavy atom. The summed E-state index contributed by atoms with van der Waals surface area (Å²) in [6.45, 7) is 6.98. The molecule has 4 rings (SSSR count). The number of carbonyl (C=O) groups excluding carboxylic acids is 2. The first-order valence-electron chi connectivity index (χ1n) is 12.8. The minimum atomic E-state index is -1.32. The van der Waals surface area contributed by atoms with Crippen LogP contribution in [0.5, 0.6) is 0 Å². The molecule has 3 atom stereocenters. The van der Waals surface area contributed by atoms with Crippen LogP contribution in [0.25, 0.3) is 0 Å². The van der Waals surface area contributed by atoms with E-state index in [1.54, 1.807) is 18.2 Å². The second-order valence-electron chi connectivity index (χ2n) is 9.30. The number of nitrogens with zero attached hydrogens (tertiary/aromatic N) is 1. The number of nitrogens with one attached hydrogen (secondary N) is 2. The zero-order chi connectivity index (χ0) is 27.3. The Kier molecular flexibility index (Phi) is 8.87. The van der Waals surface area contributed by atoms with Crippen molar-refractivity contribution >= 4 is 29.2 Å². The Bertz CT molecular complexity index is 1210. The van der Waals surface area contributed by atoms with Crippen molar-refractivity contribution < 1.29 is 23.5 Å². The first-order chi connectivity index (χ1) is 18.3. The van der Waals surface area contributed by atoms with Gasteiger partial charge in [-0.1, -0.05) is 61.9 Å². The number of anilines is 1. The molecule has 7 nitrogen and oxygen atoms in total. The highest BCUT2D eigenvalue weighted by Gasteiger charge is 2.58. The Balaban J connectivity index is 1.72. The number of fused-ring (bicyclic) bond motifs is 2. The van der Waals surface area contributed by atoms with Crippen LogP contribution in [-0.4, -0.2) is 67.8 Å². The van der Waals surface area contributed by atoms with E-state index >= 15 is 0 Å². The number of benzene rings is 2. The fourth-order valence-corrected chi connectivity index (χ4v) is 5.34. The molecule has 1 amide bonds. The van der Waals surface area contributed by atoms with Crippen LogP contribution in [-0.2, 0) is 25.5 Å². The van der Waals surface area contributed by atoms with E-state index < -0.39 is 29.5 Å². The van der Waals surface area contributed by atoms with E-state index in [-0.39, 0.29) is 22.1 Å². The number of hydrogen-bond acceptors (Lipinski definition) is 6. The summed E-state index contributed by atoms with van der Waals surface area (Å²) in [5.74, 6) is -1.52. The van der Waals surface area contributed by atoms with E-state index in [2.05, 4.69) is 29.4 Å².